The van der Waals surface area contributed by atoms with Crippen molar-refractivity contribution in [3.63, 3.8) is 0 Å². The Hall–Kier alpha value is 0.860. The molecule has 0 fully saturated rings. The van der Waals surface area contributed by atoms with Crippen LogP contribution >= 0.6 is 57.9 Å². The molecule has 0 saturated heterocycles. The summed E-state index contributed by atoms with van der Waals surface area (Å²) < 4.78 is 2.57. The number of hydrogen-bond acceptors (Lipinski definition) is 4. The lowest BCUT2D eigenvalue weighted by atomic mass is 10.1. The van der Waals surface area contributed by atoms with Crippen LogP contribution in [0.15, 0.2) is 4.34 Å². The Morgan fingerprint density at radius 3 is 2.69 bits per heavy atom. The maximum atomic E-state index is 4.97. The molecule has 1 rings (SSSR count). The number of thioether (sulfide) groups is 1. The molecule has 1 heterocycles. The minimum Gasteiger partial charge on any atom is -0.257 e. The zero-order valence-corrected chi connectivity index (χ0v) is 12.2. The first kappa shape index (κ1) is 11.9. The van der Waals surface area contributed by atoms with Gasteiger partial charge in [-0.15, -0.1) is 0 Å². The molecule has 1 N–H and O–H groups in total. The highest BCUT2D eigenvalue weighted by molar-refractivity contribution is 14.1. The van der Waals surface area contributed by atoms with Gasteiger partial charge in [0.25, 0.3) is 0 Å². The number of hydrogen-bond donors (Lipinski definition) is 1. The first-order valence-electron chi connectivity index (χ1n) is 3.80. The Morgan fingerprint density at radius 1 is 1.69 bits per heavy atom. The van der Waals surface area contributed by atoms with E-state index in [1.807, 2.05) is 0 Å². The Bertz CT molecular complexity index is 328. The molecule has 0 aromatic carbocycles. The molecule has 0 amide bonds. The summed E-state index contributed by atoms with van der Waals surface area (Å²) in [6.07, 6.45) is 0. The van der Waals surface area contributed by atoms with Gasteiger partial charge in [0.15, 0.2) is 8.29 Å². The zero-order chi connectivity index (χ0) is 10.1. The third-order valence-corrected chi connectivity index (χ3v) is 6.24. The highest BCUT2D eigenvalue weighted by atomic mass is 127. The lowest BCUT2D eigenvalue weighted by molar-refractivity contribution is 0.719. The van der Waals surface area contributed by atoms with Gasteiger partial charge in [-0.3, -0.25) is 5.10 Å². The van der Waals surface area contributed by atoms with E-state index in [1.54, 1.807) is 11.8 Å². The predicted molar refractivity (Wildman–Crippen MR) is 70.7 cm³/mol. The van der Waals surface area contributed by atoms with Crippen molar-refractivity contribution in [3.05, 3.63) is 3.95 Å². The van der Waals surface area contributed by atoms with Crippen LogP contribution in [0.2, 0.25) is 0 Å². The number of rotatable bonds is 3. The van der Waals surface area contributed by atoms with Crippen LogP contribution in [0.3, 0.4) is 0 Å². The average Bonchev–Trinajstić information content (AvgIpc) is 2.34. The van der Waals surface area contributed by atoms with E-state index in [0.717, 1.165) is 8.29 Å². The van der Waals surface area contributed by atoms with Crippen molar-refractivity contribution < 1.29 is 0 Å². The second-order valence-corrected chi connectivity index (χ2v) is 8.64. The molecule has 0 spiro atoms. The van der Waals surface area contributed by atoms with Gasteiger partial charge in [-0.1, -0.05) is 52.6 Å². The number of halogens is 1. The first-order valence-corrected chi connectivity index (χ1v) is 7.09. The number of nitrogens with zero attached hydrogens (tertiary/aromatic N) is 1. The third kappa shape index (κ3) is 3.49. The number of alkyl halides is 1. The van der Waals surface area contributed by atoms with E-state index in [2.05, 4.69) is 53.6 Å². The summed E-state index contributed by atoms with van der Waals surface area (Å²) in [6.45, 7) is 6.65. The molecule has 13 heavy (non-hydrogen) atoms. The van der Waals surface area contributed by atoms with Gasteiger partial charge in [-0.25, -0.2) is 0 Å². The molecule has 0 aliphatic carbocycles. The fraction of sp³-hybridized carbons (Fsp3) is 0.714. The summed E-state index contributed by atoms with van der Waals surface area (Å²) in [4.78, 5) is 0. The van der Waals surface area contributed by atoms with Gasteiger partial charge >= 0.3 is 0 Å². The molecule has 0 radical (unpaired) electrons. The lowest BCUT2D eigenvalue weighted by Crippen LogP contribution is -2.24. The van der Waals surface area contributed by atoms with Crippen LogP contribution in [-0.4, -0.2) is 18.9 Å². The van der Waals surface area contributed by atoms with Crippen LogP contribution < -0.4 is 0 Å². The van der Waals surface area contributed by atoms with Crippen LogP contribution in [0.25, 0.3) is 0 Å². The number of H-pyrrole nitrogens is 1. The van der Waals surface area contributed by atoms with E-state index in [1.165, 1.54) is 11.3 Å². The fourth-order valence-corrected chi connectivity index (χ4v) is 3.49. The summed E-state index contributed by atoms with van der Waals surface area (Å²) >= 11 is 10.7. The molecule has 0 aliphatic heterocycles. The van der Waals surface area contributed by atoms with Crippen LogP contribution in [0.4, 0.5) is 0 Å². The summed E-state index contributed by atoms with van der Waals surface area (Å²) in [5.41, 5.74) is 0. The molecular formula is C7H11IN2S3. The van der Waals surface area contributed by atoms with Crippen molar-refractivity contribution in [1.82, 2.24) is 10.2 Å². The molecule has 0 bridgehead atoms. The second-order valence-electron chi connectivity index (χ2n) is 3.20. The Morgan fingerprint density at radius 2 is 2.31 bits per heavy atom. The van der Waals surface area contributed by atoms with Crippen molar-refractivity contribution >= 4 is 57.9 Å². The van der Waals surface area contributed by atoms with E-state index in [0.29, 0.717) is 3.92 Å². The molecular weight excluding hydrogens is 335 g/mol. The Labute approximate surface area is 105 Å². The Kier molecular flexibility index (Phi) is 4.21. The Balaban J connectivity index is 2.74. The van der Waals surface area contributed by atoms with Crippen molar-refractivity contribution in [2.24, 2.45) is 0 Å². The molecule has 0 aliphatic rings. The second kappa shape index (κ2) is 4.59. The molecule has 1 aromatic heterocycles. The molecule has 0 saturated carbocycles. The van der Waals surface area contributed by atoms with Gasteiger partial charge in [0, 0.05) is 8.67 Å². The topological polar surface area (TPSA) is 28.7 Å². The lowest BCUT2D eigenvalue weighted by Gasteiger charge is -2.25. The molecule has 1 atom stereocenters. The van der Waals surface area contributed by atoms with Gasteiger partial charge in [0.2, 0.25) is 0 Å². The van der Waals surface area contributed by atoms with Gasteiger partial charge in [-0.2, -0.15) is 5.10 Å². The highest BCUT2D eigenvalue weighted by Gasteiger charge is 2.26. The van der Waals surface area contributed by atoms with Crippen LogP contribution in [0.5, 0.6) is 0 Å². The smallest absolute Gasteiger partial charge is 0.177 e. The van der Waals surface area contributed by atoms with E-state index in [4.69, 9.17) is 12.2 Å². The van der Waals surface area contributed by atoms with Crippen molar-refractivity contribution in [2.75, 3.05) is 0 Å². The first-order chi connectivity index (χ1) is 5.92. The molecule has 1 aromatic rings. The number of nitrogens with one attached hydrogen (secondary N) is 1. The summed E-state index contributed by atoms with van der Waals surface area (Å²) in [5.74, 6) is 0. The average molecular weight is 346 g/mol. The van der Waals surface area contributed by atoms with Crippen LogP contribution in [-0.2, 0) is 0 Å². The maximum Gasteiger partial charge on any atom is 0.177 e. The minimum absolute atomic E-state index is 0.202. The van der Waals surface area contributed by atoms with E-state index < -0.39 is 0 Å². The summed E-state index contributed by atoms with van der Waals surface area (Å²) in [6, 6.07) is 0. The molecule has 6 heteroatoms. The number of aromatic nitrogens is 2. The van der Waals surface area contributed by atoms with Crippen molar-refractivity contribution in [2.45, 2.75) is 33.8 Å². The fourth-order valence-electron chi connectivity index (χ4n) is 0.566. The van der Waals surface area contributed by atoms with Gasteiger partial charge in [0.05, 0.1) is 0 Å². The quantitative estimate of drug-likeness (QED) is 0.390. The number of aromatic amines is 1. The van der Waals surface area contributed by atoms with Crippen LogP contribution in [0.1, 0.15) is 20.8 Å². The van der Waals surface area contributed by atoms with Gasteiger partial charge in [0.1, 0.15) is 0 Å². The third-order valence-electron chi connectivity index (χ3n) is 1.73. The summed E-state index contributed by atoms with van der Waals surface area (Å²) in [5, 5.41) is 6.92. The van der Waals surface area contributed by atoms with Crippen molar-refractivity contribution in [1.29, 1.82) is 0 Å². The monoisotopic (exact) mass is 346 g/mol. The van der Waals surface area contributed by atoms with Gasteiger partial charge < -0.3 is 0 Å². The summed E-state index contributed by atoms with van der Waals surface area (Å²) in [7, 11) is 0. The predicted octanol–water partition coefficient (Wildman–Crippen LogP) is 3.89. The zero-order valence-electron chi connectivity index (χ0n) is 7.63. The largest absolute Gasteiger partial charge is 0.257 e. The van der Waals surface area contributed by atoms with E-state index >= 15 is 0 Å². The highest BCUT2D eigenvalue weighted by Crippen LogP contribution is 2.38. The van der Waals surface area contributed by atoms with Gasteiger partial charge in [-0.05, 0) is 26.1 Å². The maximum absolute atomic E-state index is 4.97. The standard InChI is InChI=1S/C7H11IN2S3/c1-4(8)7(2,3)13-6-10-9-5(11)12-6/h4H,1-3H3,(H,9,11). The minimum atomic E-state index is 0.202. The van der Waals surface area contributed by atoms with Crippen LogP contribution in [0, 0.1) is 3.95 Å². The molecule has 2 nitrogen and oxygen atoms in total. The van der Waals surface area contributed by atoms with E-state index in [9.17, 15) is 0 Å². The normalized spacial score (nSPS) is 14.5. The molecule has 74 valence electrons. The van der Waals surface area contributed by atoms with E-state index in [-0.39, 0.29) is 4.75 Å². The molecule has 1 unspecified atom stereocenters. The van der Waals surface area contributed by atoms with Crippen molar-refractivity contribution in [3.8, 4) is 0 Å². The SMILES string of the molecule is CC(I)C(C)(C)Sc1n[nH]c(=S)s1.